The van der Waals surface area contributed by atoms with Gasteiger partial charge in [0.15, 0.2) is 6.20 Å². The molecule has 1 aliphatic rings. The van der Waals surface area contributed by atoms with Crippen molar-refractivity contribution in [2.24, 2.45) is 7.05 Å². The molecule has 31 heavy (non-hydrogen) atoms. The van der Waals surface area contributed by atoms with Gasteiger partial charge < -0.3 is 0 Å². The van der Waals surface area contributed by atoms with E-state index in [0.717, 1.165) is 16.8 Å². The molecule has 0 N–H and O–H groups in total. The Labute approximate surface area is 183 Å². The number of benzene rings is 2. The molecule has 2 nitrogen and oxygen atoms in total. The number of rotatable bonds is 2. The Morgan fingerprint density at radius 1 is 0.871 bits per heavy atom. The molecule has 5 rings (SSSR count). The van der Waals surface area contributed by atoms with Gasteiger partial charge in [-0.15, -0.1) is 0 Å². The van der Waals surface area contributed by atoms with Crippen molar-refractivity contribution in [1.82, 2.24) is 4.98 Å². The van der Waals surface area contributed by atoms with Crippen LogP contribution in [0.2, 0.25) is 0 Å². The molecular formula is C28H26FN2+. The van der Waals surface area contributed by atoms with Gasteiger partial charge in [0, 0.05) is 28.8 Å². The van der Waals surface area contributed by atoms with E-state index in [1.54, 1.807) is 0 Å². The summed E-state index contributed by atoms with van der Waals surface area (Å²) in [5, 5.41) is 0. The van der Waals surface area contributed by atoms with Crippen molar-refractivity contribution < 1.29 is 8.96 Å². The van der Waals surface area contributed by atoms with Crippen molar-refractivity contribution in [1.29, 1.82) is 0 Å². The fraction of sp³-hybridized carbons (Fsp3) is 0.214. The molecule has 0 fully saturated rings. The normalized spacial score (nSPS) is 13.7. The van der Waals surface area contributed by atoms with Gasteiger partial charge in [0.1, 0.15) is 12.9 Å². The van der Waals surface area contributed by atoms with Crippen molar-refractivity contribution in [3.63, 3.8) is 0 Å². The lowest BCUT2D eigenvalue weighted by Crippen LogP contribution is -2.32. The first kappa shape index (κ1) is 19.6. The quantitative estimate of drug-likeness (QED) is 0.355. The van der Waals surface area contributed by atoms with Gasteiger partial charge in [0.25, 0.3) is 0 Å². The smallest absolute Gasteiger partial charge is 0.213 e. The summed E-state index contributed by atoms with van der Waals surface area (Å²) < 4.78 is 15.6. The van der Waals surface area contributed by atoms with Crippen LogP contribution in [-0.2, 0) is 12.5 Å². The third-order valence-electron chi connectivity index (χ3n) is 6.62. The summed E-state index contributed by atoms with van der Waals surface area (Å²) in [5.74, 6) is -0.215. The Morgan fingerprint density at radius 3 is 2.35 bits per heavy atom. The van der Waals surface area contributed by atoms with E-state index >= 15 is 0 Å². The van der Waals surface area contributed by atoms with Gasteiger partial charge in [-0.2, -0.15) is 0 Å². The van der Waals surface area contributed by atoms with E-state index in [2.05, 4.69) is 69.8 Å². The lowest BCUT2D eigenvalue weighted by atomic mass is 9.80. The van der Waals surface area contributed by atoms with Crippen molar-refractivity contribution in [3.8, 4) is 33.5 Å². The summed E-state index contributed by atoms with van der Waals surface area (Å²) in [6.45, 7) is 8.86. The van der Waals surface area contributed by atoms with Crippen LogP contribution < -0.4 is 4.57 Å². The monoisotopic (exact) mass is 409 g/mol. The Kier molecular flexibility index (Phi) is 4.33. The van der Waals surface area contributed by atoms with Crippen LogP contribution >= 0.6 is 0 Å². The van der Waals surface area contributed by atoms with Crippen LogP contribution in [-0.4, -0.2) is 4.98 Å². The molecule has 0 unspecified atom stereocenters. The topological polar surface area (TPSA) is 16.8 Å². The van der Waals surface area contributed by atoms with Crippen LogP contribution in [0.4, 0.5) is 4.39 Å². The van der Waals surface area contributed by atoms with Gasteiger partial charge in [-0.1, -0.05) is 44.2 Å². The minimum Gasteiger partial charge on any atom is -0.260 e. The van der Waals surface area contributed by atoms with E-state index in [9.17, 15) is 4.39 Å². The molecule has 4 aromatic rings. The maximum Gasteiger partial charge on any atom is 0.213 e. The van der Waals surface area contributed by atoms with Crippen LogP contribution in [0.25, 0.3) is 33.5 Å². The van der Waals surface area contributed by atoms with Crippen LogP contribution in [0.5, 0.6) is 0 Å². The highest BCUT2D eigenvalue weighted by Crippen LogP contribution is 2.51. The average Bonchev–Trinajstić information content (AvgIpc) is 2.98. The molecule has 0 saturated heterocycles. The SMILES string of the molecule is Cc1cc(-c2c(C)ccc3c2C(C)(C)c2ncccc2-3)[n+](C)cc1-c1ccc(F)cc1. The first-order chi connectivity index (χ1) is 14.8. The molecule has 0 atom stereocenters. The molecule has 2 aromatic carbocycles. The van der Waals surface area contributed by atoms with Crippen LogP contribution in [0, 0.1) is 19.7 Å². The van der Waals surface area contributed by atoms with Crippen molar-refractivity contribution >= 4 is 0 Å². The predicted molar refractivity (Wildman–Crippen MR) is 123 cm³/mol. The number of pyridine rings is 2. The Bertz CT molecular complexity index is 1330. The molecule has 3 heteroatoms. The maximum absolute atomic E-state index is 13.4. The zero-order chi connectivity index (χ0) is 21.9. The summed E-state index contributed by atoms with van der Waals surface area (Å²) in [4.78, 5) is 4.75. The Morgan fingerprint density at radius 2 is 1.61 bits per heavy atom. The molecule has 1 aliphatic carbocycles. The Balaban J connectivity index is 1.75. The van der Waals surface area contributed by atoms with Crippen molar-refractivity contribution in [3.05, 3.63) is 95.2 Å². The van der Waals surface area contributed by atoms with Crippen LogP contribution in [0.1, 0.15) is 36.2 Å². The second kappa shape index (κ2) is 6.84. The third kappa shape index (κ3) is 2.91. The average molecular weight is 410 g/mol. The van der Waals surface area contributed by atoms with E-state index in [1.165, 1.54) is 51.2 Å². The molecule has 0 radical (unpaired) electrons. The fourth-order valence-electron chi connectivity index (χ4n) is 5.08. The van der Waals surface area contributed by atoms with Crippen LogP contribution in [0.15, 0.2) is 67.0 Å². The minimum absolute atomic E-state index is 0.177. The van der Waals surface area contributed by atoms with Crippen molar-refractivity contribution in [2.75, 3.05) is 0 Å². The van der Waals surface area contributed by atoms with Gasteiger partial charge >= 0.3 is 0 Å². The van der Waals surface area contributed by atoms with Crippen LogP contribution in [0.3, 0.4) is 0 Å². The van der Waals surface area contributed by atoms with Gasteiger partial charge in [-0.3, -0.25) is 4.98 Å². The third-order valence-corrected chi connectivity index (χ3v) is 6.62. The number of aryl methyl sites for hydroxylation is 3. The highest BCUT2D eigenvalue weighted by molar-refractivity contribution is 5.87. The molecule has 2 heterocycles. The summed E-state index contributed by atoms with van der Waals surface area (Å²) in [7, 11) is 2.09. The first-order valence-corrected chi connectivity index (χ1v) is 10.7. The predicted octanol–water partition coefficient (Wildman–Crippen LogP) is 6.30. The van der Waals surface area contributed by atoms with E-state index in [0.29, 0.717) is 0 Å². The number of hydrogen-bond acceptors (Lipinski definition) is 1. The number of halogens is 1. The minimum atomic E-state index is -0.215. The van der Waals surface area contributed by atoms with Gasteiger partial charge in [0.2, 0.25) is 5.69 Å². The van der Waals surface area contributed by atoms with Gasteiger partial charge in [-0.05, 0) is 59.9 Å². The zero-order valence-corrected chi connectivity index (χ0v) is 18.6. The number of aromatic nitrogens is 2. The second-order valence-electron chi connectivity index (χ2n) is 9.08. The molecule has 0 amide bonds. The van der Waals surface area contributed by atoms with E-state index < -0.39 is 0 Å². The van der Waals surface area contributed by atoms with Gasteiger partial charge in [-0.25, -0.2) is 8.96 Å². The standard InChI is InChI=1S/C28H26FN2/c1-17-8-13-21-22-7-6-14-30-27(22)28(3,4)26(21)25(17)24-15-18(2)23(16-31(24)5)19-9-11-20(29)12-10-19/h6-16H,1-5H3/q+1. The number of fused-ring (bicyclic) bond motifs is 3. The van der Waals surface area contributed by atoms with Gasteiger partial charge in [0.05, 0.1) is 11.3 Å². The lowest BCUT2D eigenvalue weighted by Gasteiger charge is -2.24. The number of hydrogen-bond donors (Lipinski definition) is 0. The lowest BCUT2D eigenvalue weighted by molar-refractivity contribution is -0.660. The molecule has 154 valence electrons. The molecular weight excluding hydrogens is 383 g/mol. The largest absolute Gasteiger partial charge is 0.260 e. The van der Waals surface area contributed by atoms with E-state index in [-0.39, 0.29) is 11.2 Å². The summed E-state index contributed by atoms with van der Waals surface area (Å²) in [6.07, 6.45) is 4.05. The van der Waals surface area contributed by atoms with E-state index in [4.69, 9.17) is 4.98 Å². The molecule has 0 aliphatic heterocycles. The molecule has 0 spiro atoms. The maximum atomic E-state index is 13.4. The molecule has 2 aromatic heterocycles. The zero-order valence-electron chi connectivity index (χ0n) is 18.6. The summed E-state index contributed by atoms with van der Waals surface area (Å²) >= 11 is 0. The fourth-order valence-corrected chi connectivity index (χ4v) is 5.08. The molecule has 0 bridgehead atoms. The first-order valence-electron chi connectivity index (χ1n) is 10.7. The summed E-state index contributed by atoms with van der Waals surface area (Å²) in [6, 6.07) is 17.6. The molecule has 0 saturated carbocycles. The second-order valence-corrected chi connectivity index (χ2v) is 9.08. The highest BCUT2D eigenvalue weighted by atomic mass is 19.1. The highest BCUT2D eigenvalue weighted by Gasteiger charge is 2.40. The Hall–Kier alpha value is -3.33. The van der Waals surface area contributed by atoms with E-state index in [1.807, 2.05) is 24.4 Å². The van der Waals surface area contributed by atoms with Crippen molar-refractivity contribution in [2.45, 2.75) is 33.1 Å². The number of nitrogens with zero attached hydrogens (tertiary/aromatic N) is 2. The summed E-state index contributed by atoms with van der Waals surface area (Å²) in [5.41, 5.74) is 11.8.